The number of hydrogen-bond acceptors (Lipinski definition) is 7. The number of anilines is 1. The minimum Gasteiger partial charge on any atom is -0.360 e. The van der Waals surface area contributed by atoms with Crippen molar-refractivity contribution < 1.29 is 9.59 Å². The highest BCUT2D eigenvalue weighted by Crippen LogP contribution is 2.24. The summed E-state index contributed by atoms with van der Waals surface area (Å²) in [6, 6.07) is -0.476. The van der Waals surface area contributed by atoms with E-state index in [1.165, 1.54) is 23.1 Å². The van der Waals surface area contributed by atoms with Gasteiger partial charge in [0.25, 0.3) is 0 Å². The normalized spacial score (nSPS) is 10.0. The predicted molar refractivity (Wildman–Crippen MR) is 76.6 cm³/mol. The van der Waals surface area contributed by atoms with Gasteiger partial charge in [0.1, 0.15) is 0 Å². The summed E-state index contributed by atoms with van der Waals surface area (Å²) >= 11 is 2.65. The number of hydrogen-bond donors (Lipinski definition) is 3. The number of urea groups is 1. The molecule has 0 saturated carbocycles. The van der Waals surface area contributed by atoms with Crippen LogP contribution in [0.25, 0.3) is 0 Å². The minimum absolute atomic E-state index is 0.138. The maximum Gasteiger partial charge on any atom is 0.321 e. The van der Waals surface area contributed by atoms with Crippen molar-refractivity contribution in [2.75, 3.05) is 24.2 Å². The molecule has 3 amide bonds. The van der Waals surface area contributed by atoms with E-state index in [0.29, 0.717) is 10.9 Å². The van der Waals surface area contributed by atoms with Crippen molar-refractivity contribution >= 4 is 40.2 Å². The van der Waals surface area contributed by atoms with Gasteiger partial charge in [-0.1, -0.05) is 30.0 Å². The number of nitrogens with zero attached hydrogens (tertiary/aromatic N) is 2. The Labute approximate surface area is 119 Å². The first-order valence-electron chi connectivity index (χ1n) is 5.93. The topological polar surface area (TPSA) is 96.0 Å². The van der Waals surface area contributed by atoms with Gasteiger partial charge in [0.2, 0.25) is 11.0 Å². The third-order valence-corrected chi connectivity index (χ3v) is 3.86. The van der Waals surface area contributed by atoms with Gasteiger partial charge >= 0.3 is 6.03 Å². The molecular formula is C10H17N5O2S2. The first kappa shape index (κ1) is 15.7. The van der Waals surface area contributed by atoms with E-state index >= 15 is 0 Å². The van der Waals surface area contributed by atoms with Gasteiger partial charge < -0.3 is 10.6 Å². The van der Waals surface area contributed by atoms with Crippen LogP contribution in [0, 0.1) is 0 Å². The first-order valence-corrected chi connectivity index (χ1v) is 7.73. The molecule has 106 valence electrons. The molecule has 1 aromatic heterocycles. The van der Waals surface area contributed by atoms with E-state index in [4.69, 9.17) is 0 Å². The molecule has 19 heavy (non-hydrogen) atoms. The second-order valence-corrected chi connectivity index (χ2v) is 5.70. The lowest BCUT2D eigenvalue weighted by Gasteiger charge is -2.02. The number of carbonyl (C=O) groups is 2. The molecule has 0 bridgehead atoms. The van der Waals surface area contributed by atoms with Gasteiger partial charge in [-0.25, -0.2) is 4.79 Å². The Morgan fingerprint density at radius 2 is 2.11 bits per heavy atom. The number of rotatable bonds is 7. The number of nitrogens with one attached hydrogen (secondary N) is 3. The summed E-state index contributed by atoms with van der Waals surface area (Å²) in [7, 11) is 0. The highest BCUT2D eigenvalue weighted by atomic mass is 32.2. The second kappa shape index (κ2) is 8.70. The Morgan fingerprint density at radius 3 is 2.79 bits per heavy atom. The van der Waals surface area contributed by atoms with Crippen LogP contribution in [0.15, 0.2) is 4.34 Å². The van der Waals surface area contributed by atoms with Crippen molar-refractivity contribution in [1.82, 2.24) is 20.8 Å². The van der Waals surface area contributed by atoms with E-state index in [9.17, 15) is 9.59 Å². The minimum atomic E-state index is -0.476. The fourth-order valence-corrected chi connectivity index (χ4v) is 2.64. The SMILES string of the molecule is CCCNc1nnc(SCC(=O)NC(=O)NCC)s1. The molecule has 1 rings (SSSR count). The fraction of sp³-hybridized carbons (Fsp3) is 0.600. The number of thioether (sulfide) groups is 1. The fourth-order valence-electron chi connectivity index (χ4n) is 1.07. The van der Waals surface area contributed by atoms with Crippen LogP contribution in [0.1, 0.15) is 20.3 Å². The molecule has 9 heteroatoms. The molecule has 0 aromatic carbocycles. The summed E-state index contributed by atoms with van der Waals surface area (Å²) in [5.74, 6) is -0.214. The Balaban J connectivity index is 2.29. The molecule has 0 radical (unpaired) electrons. The summed E-state index contributed by atoms with van der Waals surface area (Å²) in [6.45, 7) is 5.17. The van der Waals surface area contributed by atoms with E-state index < -0.39 is 6.03 Å². The van der Waals surface area contributed by atoms with E-state index in [1.54, 1.807) is 6.92 Å². The Hall–Kier alpha value is -1.35. The predicted octanol–water partition coefficient (Wildman–Crippen LogP) is 1.30. The van der Waals surface area contributed by atoms with Crippen molar-refractivity contribution in [3.8, 4) is 0 Å². The number of amides is 3. The molecule has 7 nitrogen and oxygen atoms in total. The van der Waals surface area contributed by atoms with E-state index in [-0.39, 0.29) is 11.7 Å². The summed E-state index contributed by atoms with van der Waals surface area (Å²) in [4.78, 5) is 22.5. The summed E-state index contributed by atoms with van der Waals surface area (Å²) in [6.07, 6.45) is 1.01. The number of imide groups is 1. The van der Waals surface area contributed by atoms with Crippen molar-refractivity contribution in [3.63, 3.8) is 0 Å². The van der Waals surface area contributed by atoms with Gasteiger partial charge in [0.15, 0.2) is 4.34 Å². The Kier molecular flexibility index (Phi) is 7.19. The third-order valence-electron chi connectivity index (χ3n) is 1.85. The largest absolute Gasteiger partial charge is 0.360 e. The molecular weight excluding hydrogens is 286 g/mol. The van der Waals surface area contributed by atoms with E-state index in [2.05, 4.69) is 33.1 Å². The van der Waals surface area contributed by atoms with Crippen LogP contribution >= 0.6 is 23.1 Å². The van der Waals surface area contributed by atoms with Crippen molar-refractivity contribution in [2.24, 2.45) is 0 Å². The molecule has 0 aliphatic rings. The molecule has 0 fully saturated rings. The molecule has 1 aromatic rings. The van der Waals surface area contributed by atoms with Gasteiger partial charge in [0.05, 0.1) is 5.75 Å². The van der Waals surface area contributed by atoms with Crippen LogP contribution in [0.5, 0.6) is 0 Å². The summed E-state index contributed by atoms with van der Waals surface area (Å²) < 4.78 is 0.699. The average molecular weight is 303 g/mol. The lowest BCUT2D eigenvalue weighted by molar-refractivity contribution is -0.117. The molecule has 0 saturated heterocycles. The number of aromatic nitrogens is 2. The average Bonchev–Trinajstić information content (AvgIpc) is 2.82. The van der Waals surface area contributed by atoms with Gasteiger partial charge in [-0.05, 0) is 13.3 Å². The molecule has 3 N–H and O–H groups in total. The maximum atomic E-state index is 11.4. The standard InChI is InChI=1S/C10H17N5O2S2/c1-3-5-12-9-14-15-10(19-9)18-6-7(16)13-8(17)11-4-2/h3-6H2,1-2H3,(H,12,14)(H2,11,13,16,17). The number of carbonyl (C=O) groups excluding carboxylic acids is 2. The van der Waals surface area contributed by atoms with Crippen molar-refractivity contribution in [3.05, 3.63) is 0 Å². The van der Waals surface area contributed by atoms with Crippen LogP contribution in [0.4, 0.5) is 9.93 Å². The smallest absolute Gasteiger partial charge is 0.321 e. The van der Waals surface area contributed by atoms with Crippen LogP contribution in [-0.4, -0.2) is 41.0 Å². The van der Waals surface area contributed by atoms with Gasteiger partial charge in [-0.3, -0.25) is 10.1 Å². The van der Waals surface area contributed by atoms with Gasteiger partial charge in [-0.2, -0.15) is 0 Å². The van der Waals surface area contributed by atoms with E-state index in [0.717, 1.165) is 18.1 Å². The third kappa shape index (κ3) is 6.39. The van der Waals surface area contributed by atoms with Gasteiger partial charge in [0, 0.05) is 13.1 Å². The molecule has 0 spiro atoms. The zero-order chi connectivity index (χ0) is 14.1. The Morgan fingerprint density at radius 1 is 1.32 bits per heavy atom. The lowest BCUT2D eigenvalue weighted by atomic mass is 10.5. The zero-order valence-corrected chi connectivity index (χ0v) is 12.5. The Bertz CT molecular complexity index is 424. The molecule has 0 atom stereocenters. The maximum absolute atomic E-state index is 11.4. The molecule has 1 heterocycles. The lowest BCUT2D eigenvalue weighted by Crippen LogP contribution is -2.40. The van der Waals surface area contributed by atoms with Gasteiger partial charge in [-0.15, -0.1) is 10.2 Å². The highest BCUT2D eigenvalue weighted by molar-refractivity contribution is 8.01. The quantitative estimate of drug-likeness (QED) is 0.657. The first-order chi connectivity index (χ1) is 9.15. The molecule has 0 unspecified atom stereocenters. The van der Waals surface area contributed by atoms with Crippen LogP contribution < -0.4 is 16.0 Å². The monoisotopic (exact) mass is 303 g/mol. The van der Waals surface area contributed by atoms with Crippen LogP contribution in [0.2, 0.25) is 0 Å². The molecule has 0 aliphatic heterocycles. The molecule has 0 aliphatic carbocycles. The van der Waals surface area contributed by atoms with Crippen LogP contribution in [-0.2, 0) is 4.79 Å². The summed E-state index contributed by atoms with van der Waals surface area (Å²) in [5.41, 5.74) is 0. The zero-order valence-electron chi connectivity index (χ0n) is 10.9. The second-order valence-electron chi connectivity index (χ2n) is 3.50. The highest BCUT2D eigenvalue weighted by Gasteiger charge is 2.10. The van der Waals surface area contributed by atoms with Crippen LogP contribution in [0.3, 0.4) is 0 Å². The van der Waals surface area contributed by atoms with E-state index in [1.807, 2.05) is 0 Å². The summed E-state index contributed by atoms with van der Waals surface area (Å²) in [5, 5.41) is 16.5. The van der Waals surface area contributed by atoms with Crippen molar-refractivity contribution in [1.29, 1.82) is 0 Å². The van der Waals surface area contributed by atoms with Crippen molar-refractivity contribution in [2.45, 2.75) is 24.6 Å².